The Balaban J connectivity index is 1.65. The van der Waals surface area contributed by atoms with Gasteiger partial charge in [-0.25, -0.2) is 29.1 Å². The first-order chi connectivity index (χ1) is 19.0. The van der Waals surface area contributed by atoms with E-state index in [4.69, 9.17) is 0 Å². The third-order valence-corrected chi connectivity index (χ3v) is 7.22. The quantitative estimate of drug-likeness (QED) is 0.226. The Bertz CT molecular complexity index is 1550. The lowest BCUT2D eigenvalue weighted by atomic mass is 9.83. The fraction of sp³-hybridized carbons (Fsp3) is 0.393. The van der Waals surface area contributed by atoms with Gasteiger partial charge in [0.1, 0.15) is 17.0 Å². The van der Waals surface area contributed by atoms with Gasteiger partial charge in [-0.15, -0.1) is 0 Å². The highest BCUT2D eigenvalue weighted by molar-refractivity contribution is 5.92. The lowest BCUT2D eigenvalue weighted by molar-refractivity contribution is -0.137. The zero-order valence-electron chi connectivity index (χ0n) is 22.0. The summed E-state index contributed by atoms with van der Waals surface area (Å²) >= 11 is 0. The van der Waals surface area contributed by atoms with Crippen LogP contribution in [0, 0.1) is 11.7 Å². The molecule has 1 fully saturated rings. The first kappa shape index (κ1) is 27.5. The first-order valence-electron chi connectivity index (χ1n) is 13.1. The van der Waals surface area contributed by atoms with Crippen molar-refractivity contribution in [3.63, 3.8) is 0 Å². The molecule has 0 radical (unpaired) electrons. The predicted octanol–water partition coefficient (Wildman–Crippen LogP) is 6.52. The highest BCUT2D eigenvalue weighted by Gasteiger charge is 2.30. The van der Waals surface area contributed by atoms with Gasteiger partial charge in [-0.2, -0.15) is 13.2 Å². The lowest BCUT2D eigenvalue weighted by Crippen LogP contribution is -2.17. The van der Waals surface area contributed by atoms with E-state index in [9.17, 15) is 27.5 Å². The molecule has 0 amide bonds. The van der Waals surface area contributed by atoms with Gasteiger partial charge in [0.15, 0.2) is 17.3 Å². The van der Waals surface area contributed by atoms with E-state index in [1.165, 1.54) is 18.6 Å². The number of alkyl halides is 3. The lowest BCUT2D eigenvalue weighted by Gasteiger charge is -2.25. The summed E-state index contributed by atoms with van der Waals surface area (Å²) in [6.45, 7) is 4.28. The van der Waals surface area contributed by atoms with Crippen molar-refractivity contribution in [2.45, 2.75) is 58.2 Å². The molecule has 3 aromatic heterocycles. The molecule has 1 aliphatic carbocycles. The maximum atomic E-state index is 14.5. The van der Waals surface area contributed by atoms with Crippen LogP contribution in [0.2, 0.25) is 0 Å². The van der Waals surface area contributed by atoms with Gasteiger partial charge < -0.3 is 15.0 Å². The van der Waals surface area contributed by atoms with E-state index in [1.54, 1.807) is 10.6 Å². The number of hydrogen-bond acceptors (Lipinski definition) is 6. The average Bonchev–Trinajstić information content (AvgIpc) is 3.23. The maximum Gasteiger partial charge on any atom is 0.416 e. The molecule has 40 heavy (non-hydrogen) atoms. The van der Waals surface area contributed by atoms with Crippen molar-refractivity contribution in [2.75, 3.05) is 11.9 Å². The van der Waals surface area contributed by atoms with Crippen LogP contribution in [0.4, 0.5) is 23.4 Å². The molecule has 8 nitrogen and oxygen atoms in total. The van der Waals surface area contributed by atoms with E-state index in [-0.39, 0.29) is 29.8 Å². The van der Waals surface area contributed by atoms with Crippen LogP contribution in [0.25, 0.3) is 22.7 Å². The number of aromatic carboxylic acids is 1. The van der Waals surface area contributed by atoms with Crippen molar-refractivity contribution in [1.82, 2.24) is 24.5 Å². The van der Waals surface area contributed by atoms with E-state index >= 15 is 0 Å². The monoisotopic (exact) mass is 556 g/mol. The normalized spacial score (nSPS) is 14.1. The van der Waals surface area contributed by atoms with E-state index in [2.05, 4.69) is 25.3 Å². The van der Waals surface area contributed by atoms with Crippen LogP contribution in [-0.2, 0) is 12.7 Å². The Morgan fingerprint density at radius 3 is 2.48 bits per heavy atom. The second-order valence-electron chi connectivity index (χ2n) is 10.3. The highest BCUT2D eigenvalue weighted by atomic mass is 19.4. The summed E-state index contributed by atoms with van der Waals surface area (Å²) in [4.78, 5) is 29.0. The summed E-state index contributed by atoms with van der Waals surface area (Å²) in [5, 5.41) is 12.9. The number of anilines is 1. The topological polar surface area (TPSA) is 106 Å². The number of nitrogens with one attached hydrogen (secondary N) is 1. The molecule has 2 N–H and O–H groups in total. The highest BCUT2D eigenvalue weighted by Crippen LogP contribution is 2.33. The summed E-state index contributed by atoms with van der Waals surface area (Å²) in [6, 6.07) is 6.30. The van der Waals surface area contributed by atoms with Crippen LogP contribution in [0.1, 0.15) is 72.8 Å². The smallest absolute Gasteiger partial charge is 0.416 e. The fourth-order valence-electron chi connectivity index (χ4n) is 4.78. The second-order valence-corrected chi connectivity index (χ2v) is 10.3. The van der Waals surface area contributed by atoms with Crippen molar-refractivity contribution >= 4 is 23.0 Å². The fourth-order valence-corrected chi connectivity index (χ4v) is 4.78. The number of hydrogen-bond donors (Lipinski definition) is 2. The van der Waals surface area contributed by atoms with Gasteiger partial charge in [0.25, 0.3) is 0 Å². The molecule has 210 valence electrons. The van der Waals surface area contributed by atoms with E-state index in [0.29, 0.717) is 34.8 Å². The standard InChI is InChI=1S/C28H28F4N6O2/c1-15(2)19-12-21(34-13-20(19)29)26-37-24-22(38(26)14-17-6-8-18(9-7-17)28(30,31)32)23(35-25(36-24)27(39)40)33-11-10-16-4-3-5-16/h6-9,12-13,15-16H,3-5,10-11,14H2,1-2H3,(H,39,40)(H,33,35,36). The van der Waals surface area contributed by atoms with Gasteiger partial charge in [-0.1, -0.05) is 45.2 Å². The number of benzene rings is 1. The Labute approximate surface area is 227 Å². The molecule has 0 bridgehead atoms. The number of rotatable bonds is 9. The largest absolute Gasteiger partial charge is 0.475 e. The van der Waals surface area contributed by atoms with Gasteiger partial charge >= 0.3 is 12.1 Å². The molecule has 0 unspecified atom stereocenters. The molecule has 0 spiro atoms. The summed E-state index contributed by atoms with van der Waals surface area (Å²) in [5.74, 6) is -1.31. The molecule has 0 saturated heterocycles. The third kappa shape index (κ3) is 5.61. The Morgan fingerprint density at radius 1 is 1.15 bits per heavy atom. The molecule has 1 aliphatic rings. The van der Waals surface area contributed by atoms with Crippen LogP contribution < -0.4 is 5.32 Å². The van der Waals surface area contributed by atoms with Crippen LogP contribution in [0.15, 0.2) is 36.5 Å². The minimum absolute atomic E-state index is 0.0626. The average molecular weight is 557 g/mol. The number of fused-ring (bicyclic) bond motifs is 1. The van der Waals surface area contributed by atoms with Crippen molar-refractivity contribution in [3.05, 3.63) is 64.9 Å². The van der Waals surface area contributed by atoms with Crippen molar-refractivity contribution in [1.29, 1.82) is 0 Å². The van der Waals surface area contributed by atoms with Crippen molar-refractivity contribution < 1.29 is 27.5 Å². The molecule has 12 heteroatoms. The molecule has 4 aromatic rings. The van der Waals surface area contributed by atoms with Crippen LogP contribution in [0.5, 0.6) is 0 Å². The zero-order chi connectivity index (χ0) is 28.6. The van der Waals surface area contributed by atoms with Crippen LogP contribution in [-0.4, -0.2) is 42.1 Å². The van der Waals surface area contributed by atoms with Gasteiger partial charge in [-0.3, -0.25) is 0 Å². The second kappa shape index (κ2) is 10.8. The molecule has 3 heterocycles. The number of aromatic nitrogens is 5. The number of carboxylic acids is 1. The van der Waals surface area contributed by atoms with E-state index < -0.39 is 29.4 Å². The number of imidazole rings is 1. The minimum Gasteiger partial charge on any atom is -0.475 e. The SMILES string of the molecule is CC(C)c1cc(-c2nc3nc(C(=O)O)nc(NCCC4CCC4)c3n2Cc2ccc(C(F)(F)F)cc2)ncc1F. The van der Waals surface area contributed by atoms with Gasteiger partial charge in [-0.05, 0) is 47.6 Å². The summed E-state index contributed by atoms with van der Waals surface area (Å²) in [6.07, 6.45) is 0.980. The Morgan fingerprint density at radius 2 is 1.88 bits per heavy atom. The molecule has 0 atom stereocenters. The summed E-state index contributed by atoms with van der Waals surface area (Å²) in [7, 11) is 0. The number of carboxylic acid groups (broad SMARTS) is 1. The number of pyridine rings is 1. The number of halogens is 4. The molecule has 1 aromatic carbocycles. The predicted molar refractivity (Wildman–Crippen MR) is 141 cm³/mol. The zero-order valence-corrected chi connectivity index (χ0v) is 22.0. The number of carbonyl (C=O) groups is 1. The summed E-state index contributed by atoms with van der Waals surface area (Å²) in [5.41, 5.74) is 0.939. The minimum atomic E-state index is -4.48. The van der Waals surface area contributed by atoms with Crippen LogP contribution >= 0.6 is 0 Å². The van der Waals surface area contributed by atoms with Crippen molar-refractivity contribution in [2.24, 2.45) is 5.92 Å². The maximum absolute atomic E-state index is 14.5. The Kier molecular flexibility index (Phi) is 7.43. The first-order valence-corrected chi connectivity index (χ1v) is 13.1. The van der Waals surface area contributed by atoms with E-state index in [1.807, 2.05) is 13.8 Å². The Hall–Kier alpha value is -4.09. The van der Waals surface area contributed by atoms with Gasteiger partial charge in [0.05, 0.1) is 11.8 Å². The molecule has 5 rings (SSSR count). The summed E-state index contributed by atoms with van der Waals surface area (Å²) < 4.78 is 55.6. The molecule has 1 saturated carbocycles. The number of nitrogens with zero attached hydrogens (tertiary/aromatic N) is 5. The third-order valence-electron chi connectivity index (χ3n) is 7.22. The molecular weight excluding hydrogens is 528 g/mol. The van der Waals surface area contributed by atoms with Crippen LogP contribution in [0.3, 0.4) is 0 Å². The van der Waals surface area contributed by atoms with Crippen molar-refractivity contribution in [3.8, 4) is 11.5 Å². The van der Waals surface area contributed by atoms with E-state index in [0.717, 1.165) is 37.6 Å². The molecule has 0 aliphatic heterocycles. The molecular formula is C28H28F4N6O2. The van der Waals surface area contributed by atoms with Gasteiger partial charge in [0, 0.05) is 13.1 Å². The van der Waals surface area contributed by atoms with Gasteiger partial charge in [0.2, 0.25) is 5.82 Å².